The number of hydrogen-bond acceptors (Lipinski definition) is 3. The van der Waals surface area contributed by atoms with Gasteiger partial charge in [0.05, 0.1) is 0 Å². The van der Waals surface area contributed by atoms with E-state index in [2.05, 4.69) is 15.0 Å². The molecule has 118 valence electrons. The zero-order chi connectivity index (χ0) is 15.7. The number of aromatic nitrogens is 1. The van der Waals surface area contributed by atoms with Crippen molar-refractivity contribution in [3.8, 4) is 5.75 Å². The van der Waals surface area contributed by atoms with Crippen LogP contribution in [-0.2, 0) is 0 Å². The second-order valence-corrected chi connectivity index (χ2v) is 5.02. The molecule has 5 nitrogen and oxygen atoms in total. The van der Waals surface area contributed by atoms with Crippen LogP contribution >= 0.6 is 0 Å². The van der Waals surface area contributed by atoms with Crippen molar-refractivity contribution in [2.24, 2.45) is 0 Å². The molecule has 22 heavy (non-hydrogen) atoms. The Kier molecular flexibility index (Phi) is 3.69. The molecule has 1 aromatic heterocycles. The molecule has 0 aliphatic carbocycles. The number of benzene rings is 1. The van der Waals surface area contributed by atoms with E-state index in [1.807, 2.05) is 0 Å². The van der Waals surface area contributed by atoms with Crippen LogP contribution in [0.3, 0.4) is 0 Å². The Balaban J connectivity index is 1.84. The van der Waals surface area contributed by atoms with Crippen molar-refractivity contribution in [2.45, 2.75) is 6.36 Å². The van der Waals surface area contributed by atoms with Crippen LogP contribution < -0.4 is 10.1 Å². The first kappa shape index (κ1) is 14.7. The normalized spacial score (nSPS) is 16.0. The number of hydrogen-bond donors (Lipinski definition) is 2. The fourth-order valence-corrected chi connectivity index (χ4v) is 2.46. The molecule has 1 amide bonds. The summed E-state index contributed by atoms with van der Waals surface area (Å²) in [5.74, 6) is -0.473. The van der Waals surface area contributed by atoms with Crippen LogP contribution in [0.25, 0.3) is 10.9 Å². The number of ether oxygens (including phenoxy) is 1. The Morgan fingerprint density at radius 3 is 2.59 bits per heavy atom. The van der Waals surface area contributed by atoms with E-state index >= 15 is 0 Å². The van der Waals surface area contributed by atoms with E-state index in [4.69, 9.17) is 0 Å². The smallest absolute Gasteiger partial charge is 0.406 e. The molecule has 3 rings (SSSR count). The van der Waals surface area contributed by atoms with Crippen molar-refractivity contribution < 1.29 is 22.7 Å². The van der Waals surface area contributed by atoms with Gasteiger partial charge in [0.15, 0.2) is 0 Å². The number of nitrogens with zero attached hydrogens (tertiary/aromatic N) is 1. The van der Waals surface area contributed by atoms with Crippen LogP contribution in [0.2, 0.25) is 0 Å². The first-order valence-corrected chi connectivity index (χ1v) is 6.81. The van der Waals surface area contributed by atoms with Crippen molar-refractivity contribution in [2.75, 3.05) is 26.2 Å². The minimum Gasteiger partial charge on any atom is -0.406 e. The predicted molar refractivity (Wildman–Crippen MR) is 73.8 cm³/mol. The van der Waals surface area contributed by atoms with Gasteiger partial charge < -0.3 is 19.9 Å². The maximum absolute atomic E-state index is 12.3. The molecule has 2 heterocycles. The van der Waals surface area contributed by atoms with Crippen molar-refractivity contribution in [1.82, 2.24) is 15.2 Å². The molecule has 1 aliphatic rings. The van der Waals surface area contributed by atoms with E-state index in [-0.39, 0.29) is 11.7 Å². The van der Waals surface area contributed by atoms with Crippen LogP contribution in [0, 0.1) is 0 Å². The summed E-state index contributed by atoms with van der Waals surface area (Å²) in [6, 6.07) is 5.58. The summed E-state index contributed by atoms with van der Waals surface area (Å²) in [6.45, 7) is 2.68. The number of carbonyl (C=O) groups excluding carboxylic acids is 1. The van der Waals surface area contributed by atoms with Crippen molar-refractivity contribution in [3.63, 3.8) is 0 Å². The highest BCUT2D eigenvalue weighted by atomic mass is 19.4. The summed E-state index contributed by atoms with van der Waals surface area (Å²) < 4.78 is 40.5. The van der Waals surface area contributed by atoms with E-state index in [9.17, 15) is 18.0 Å². The summed E-state index contributed by atoms with van der Waals surface area (Å²) >= 11 is 0. The van der Waals surface area contributed by atoms with Gasteiger partial charge in [-0.1, -0.05) is 0 Å². The van der Waals surface area contributed by atoms with E-state index < -0.39 is 6.36 Å². The third-order valence-electron chi connectivity index (χ3n) is 3.46. The van der Waals surface area contributed by atoms with Gasteiger partial charge in [-0.3, -0.25) is 4.79 Å². The molecule has 1 aromatic carbocycles. The number of halogens is 3. The molecule has 8 heteroatoms. The summed E-state index contributed by atoms with van der Waals surface area (Å²) in [4.78, 5) is 16.9. The molecule has 0 bridgehead atoms. The lowest BCUT2D eigenvalue weighted by molar-refractivity contribution is -0.274. The Labute approximate surface area is 124 Å². The van der Waals surface area contributed by atoms with E-state index in [1.165, 1.54) is 18.2 Å². The molecule has 0 spiro atoms. The lowest BCUT2D eigenvalue weighted by atomic mass is 10.2. The number of rotatable bonds is 2. The first-order valence-electron chi connectivity index (χ1n) is 6.81. The molecule has 2 N–H and O–H groups in total. The maximum atomic E-state index is 12.3. The van der Waals surface area contributed by atoms with Crippen LogP contribution in [0.1, 0.15) is 10.5 Å². The summed E-state index contributed by atoms with van der Waals surface area (Å²) in [5, 5.41) is 3.81. The van der Waals surface area contributed by atoms with Crippen LogP contribution in [0.5, 0.6) is 5.75 Å². The zero-order valence-electron chi connectivity index (χ0n) is 11.5. The van der Waals surface area contributed by atoms with Crippen molar-refractivity contribution >= 4 is 16.8 Å². The largest absolute Gasteiger partial charge is 0.573 e. The van der Waals surface area contributed by atoms with Crippen molar-refractivity contribution in [3.05, 3.63) is 30.0 Å². The van der Waals surface area contributed by atoms with Crippen LogP contribution in [-0.4, -0.2) is 48.3 Å². The second-order valence-electron chi connectivity index (χ2n) is 5.02. The maximum Gasteiger partial charge on any atom is 0.573 e. The molecule has 2 aromatic rings. The number of aromatic amines is 1. The fourth-order valence-electron chi connectivity index (χ4n) is 2.46. The van der Waals surface area contributed by atoms with Gasteiger partial charge in [0.25, 0.3) is 5.91 Å². The Morgan fingerprint density at radius 2 is 1.91 bits per heavy atom. The van der Waals surface area contributed by atoms with Gasteiger partial charge in [0, 0.05) is 43.1 Å². The molecular formula is C14H14F3N3O2. The molecule has 1 fully saturated rings. The standard InChI is InChI=1S/C14H14F3N3O2/c15-14(16,17)22-10-2-1-9-7-12(19-11(9)8-10)13(21)20-5-3-18-4-6-20/h1-2,7-8,18-19H,3-6H2. The monoisotopic (exact) mass is 313 g/mol. The molecule has 1 aliphatic heterocycles. The van der Waals surface area contributed by atoms with Gasteiger partial charge in [-0.25, -0.2) is 0 Å². The van der Waals surface area contributed by atoms with Crippen molar-refractivity contribution in [1.29, 1.82) is 0 Å². The SMILES string of the molecule is O=C(c1cc2ccc(OC(F)(F)F)cc2[nH]1)N1CCNCC1. The predicted octanol–water partition coefficient (Wildman–Crippen LogP) is 2.11. The summed E-state index contributed by atoms with van der Waals surface area (Å²) in [6.07, 6.45) is -4.74. The van der Waals surface area contributed by atoms with Gasteiger partial charge in [-0.2, -0.15) is 0 Å². The number of amides is 1. The fraction of sp³-hybridized carbons (Fsp3) is 0.357. The number of carbonyl (C=O) groups is 1. The van der Waals surface area contributed by atoms with Crippen LogP contribution in [0.15, 0.2) is 24.3 Å². The third kappa shape index (κ3) is 3.16. The Morgan fingerprint density at radius 1 is 1.18 bits per heavy atom. The van der Waals surface area contributed by atoms with Gasteiger partial charge in [0.2, 0.25) is 0 Å². The lowest BCUT2D eigenvalue weighted by Gasteiger charge is -2.26. The minimum atomic E-state index is -4.74. The molecule has 1 saturated heterocycles. The molecule has 0 atom stereocenters. The summed E-state index contributed by atoms with van der Waals surface area (Å²) in [5.41, 5.74) is 0.793. The highest BCUT2D eigenvalue weighted by Gasteiger charge is 2.31. The Bertz CT molecular complexity index is 690. The minimum absolute atomic E-state index is 0.156. The number of nitrogens with one attached hydrogen (secondary N) is 2. The average molecular weight is 313 g/mol. The average Bonchev–Trinajstić information content (AvgIpc) is 2.89. The first-order chi connectivity index (χ1) is 10.4. The van der Waals surface area contributed by atoms with E-state index in [0.717, 1.165) is 13.1 Å². The summed E-state index contributed by atoms with van der Waals surface area (Å²) in [7, 11) is 0. The molecule has 0 radical (unpaired) electrons. The number of fused-ring (bicyclic) bond motifs is 1. The number of alkyl halides is 3. The molecular weight excluding hydrogens is 299 g/mol. The third-order valence-corrected chi connectivity index (χ3v) is 3.46. The number of piperazine rings is 1. The number of H-pyrrole nitrogens is 1. The van der Waals surface area contributed by atoms with Gasteiger partial charge in [0.1, 0.15) is 11.4 Å². The Hall–Kier alpha value is -2.22. The quantitative estimate of drug-likeness (QED) is 0.893. The van der Waals surface area contributed by atoms with Gasteiger partial charge in [-0.05, 0) is 18.2 Å². The molecule has 0 saturated carbocycles. The lowest BCUT2D eigenvalue weighted by Crippen LogP contribution is -2.46. The van der Waals surface area contributed by atoms with Crippen LogP contribution in [0.4, 0.5) is 13.2 Å². The van der Waals surface area contributed by atoms with Gasteiger partial charge in [-0.15, -0.1) is 13.2 Å². The van der Waals surface area contributed by atoms with E-state index in [0.29, 0.717) is 29.7 Å². The highest BCUT2D eigenvalue weighted by molar-refractivity contribution is 5.98. The molecule has 0 unspecified atom stereocenters. The zero-order valence-corrected chi connectivity index (χ0v) is 11.5. The van der Waals surface area contributed by atoms with Gasteiger partial charge >= 0.3 is 6.36 Å². The second kappa shape index (κ2) is 5.53. The van der Waals surface area contributed by atoms with E-state index in [1.54, 1.807) is 11.0 Å². The topological polar surface area (TPSA) is 57.4 Å². The highest BCUT2D eigenvalue weighted by Crippen LogP contribution is 2.27.